The van der Waals surface area contributed by atoms with Gasteiger partial charge in [0.05, 0.1) is 17.9 Å². The summed E-state index contributed by atoms with van der Waals surface area (Å²) in [5.41, 5.74) is 0.940. The van der Waals surface area contributed by atoms with Gasteiger partial charge in [0, 0.05) is 44.3 Å². The number of amides is 3. The minimum Gasteiger partial charge on any atom is -0.372 e. The zero-order valence-corrected chi connectivity index (χ0v) is 17.4. The molecule has 29 heavy (non-hydrogen) atoms. The summed E-state index contributed by atoms with van der Waals surface area (Å²) in [6, 6.07) is 4.48. The molecule has 2 heterocycles. The van der Waals surface area contributed by atoms with Crippen LogP contribution in [0.25, 0.3) is 0 Å². The van der Waals surface area contributed by atoms with E-state index in [0.717, 1.165) is 12.8 Å². The lowest BCUT2D eigenvalue weighted by Crippen LogP contribution is -2.50. The van der Waals surface area contributed by atoms with Gasteiger partial charge in [0.15, 0.2) is 0 Å². The minimum absolute atomic E-state index is 0.0123. The molecule has 3 rings (SSSR count). The molecule has 0 saturated carbocycles. The average molecular weight is 407 g/mol. The molecule has 2 saturated heterocycles. The molecule has 1 aromatic rings. The van der Waals surface area contributed by atoms with Crippen molar-refractivity contribution in [1.29, 1.82) is 0 Å². The predicted octanol–water partition coefficient (Wildman–Crippen LogP) is 2.96. The SMILES string of the molecule is CCC(=O)NC1CCCN(C(=O)Nc2ccc(N3CC(C)OC(C)C3)c(F)c2)C1. The third-order valence-corrected chi connectivity index (χ3v) is 5.35. The number of anilines is 2. The minimum atomic E-state index is -0.365. The van der Waals surface area contributed by atoms with E-state index in [0.29, 0.717) is 44.0 Å². The number of halogens is 1. The van der Waals surface area contributed by atoms with Gasteiger partial charge >= 0.3 is 6.03 Å². The van der Waals surface area contributed by atoms with Crippen LogP contribution in [0.1, 0.15) is 40.0 Å². The Bertz CT molecular complexity index is 735. The molecule has 1 aromatic carbocycles. The summed E-state index contributed by atoms with van der Waals surface area (Å²) in [4.78, 5) is 27.9. The number of ether oxygens (including phenoxy) is 1. The fourth-order valence-electron chi connectivity index (χ4n) is 4.03. The van der Waals surface area contributed by atoms with Gasteiger partial charge in [-0.2, -0.15) is 0 Å². The first-order valence-electron chi connectivity index (χ1n) is 10.4. The summed E-state index contributed by atoms with van der Waals surface area (Å²) in [5.74, 6) is -0.377. The molecule has 0 radical (unpaired) electrons. The quantitative estimate of drug-likeness (QED) is 0.806. The van der Waals surface area contributed by atoms with Gasteiger partial charge < -0.3 is 25.2 Å². The maximum absolute atomic E-state index is 14.7. The van der Waals surface area contributed by atoms with Gasteiger partial charge in [-0.3, -0.25) is 4.79 Å². The van der Waals surface area contributed by atoms with Crippen molar-refractivity contribution in [2.24, 2.45) is 0 Å². The number of likely N-dealkylation sites (tertiary alicyclic amines) is 1. The molecule has 160 valence electrons. The Morgan fingerprint density at radius 2 is 1.93 bits per heavy atom. The van der Waals surface area contributed by atoms with Crippen LogP contribution in [0.15, 0.2) is 18.2 Å². The van der Waals surface area contributed by atoms with E-state index in [1.807, 2.05) is 18.7 Å². The fraction of sp³-hybridized carbons (Fsp3) is 0.619. The van der Waals surface area contributed by atoms with E-state index in [2.05, 4.69) is 10.6 Å². The number of morpholine rings is 1. The maximum Gasteiger partial charge on any atom is 0.321 e. The van der Waals surface area contributed by atoms with Crippen LogP contribution in [0, 0.1) is 5.82 Å². The Kier molecular flexibility index (Phi) is 6.95. The molecule has 2 aliphatic heterocycles. The van der Waals surface area contributed by atoms with Crippen molar-refractivity contribution in [3.8, 4) is 0 Å². The second-order valence-electron chi connectivity index (χ2n) is 7.96. The largest absolute Gasteiger partial charge is 0.372 e. The summed E-state index contributed by atoms with van der Waals surface area (Å²) in [6.45, 7) is 8.10. The predicted molar refractivity (Wildman–Crippen MR) is 111 cm³/mol. The molecule has 8 heteroatoms. The number of carbonyl (C=O) groups excluding carboxylic acids is 2. The summed E-state index contributed by atoms with van der Waals surface area (Å²) < 4.78 is 20.4. The molecule has 0 spiro atoms. The third kappa shape index (κ3) is 5.59. The first-order chi connectivity index (χ1) is 13.9. The van der Waals surface area contributed by atoms with Crippen LogP contribution in [0.5, 0.6) is 0 Å². The molecule has 2 fully saturated rings. The molecule has 7 nitrogen and oxygen atoms in total. The number of hydrogen-bond donors (Lipinski definition) is 2. The molecular weight excluding hydrogens is 375 g/mol. The van der Waals surface area contributed by atoms with Crippen molar-refractivity contribution in [3.05, 3.63) is 24.0 Å². The Hall–Kier alpha value is -2.35. The van der Waals surface area contributed by atoms with Crippen molar-refractivity contribution in [2.75, 3.05) is 36.4 Å². The zero-order chi connectivity index (χ0) is 21.0. The number of urea groups is 1. The van der Waals surface area contributed by atoms with Crippen molar-refractivity contribution >= 4 is 23.3 Å². The van der Waals surface area contributed by atoms with Crippen LogP contribution in [0.2, 0.25) is 0 Å². The molecular formula is C21H31FN4O3. The van der Waals surface area contributed by atoms with Gasteiger partial charge in [-0.25, -0.2) is 9.18 Å². The van der Waals surface area contributed by atoms with E-state index in [4.69, 9.17) is 4.74 Å². The molecule has 3 atom stereocenters. The average Bonchev–Trinajstić information content (AvgIpc) is 2.67. The van der Waals surface area contributed by atoms with Crippen LogP contribution in [0.4, 0.5) is 20.6 Å². The number of piperidine rings is 1. The van der Waals surface area contributed by atoms with Crippen LogP contribution in [0.3, 0.4) is 0 Å². The number of rotatable bonds is 4. The zero-order valence-electron chi connectivity index (χ0n) is 17.4. The van der Waals surface area contributed by atoms with Crippen LogP contribution < -0.4 is 15.5 Å². The van der Waals surface area contributed by atoms with Gasteiger partial charge in [-0.05, 0) is 44.9 Å². The van der Waals surface area contributed by atoms with E-state index in [1.54, 1.807) is 24.0 Å². The molecule has 3 amide bonds. The highest BCUT2D eigenvalue weighted by Crippen LogP contribution is 2.26. The van der Waals surface area contributed by atoms with E-state index in [9.17, 15) is 14.0 Å². The fourth-order valence-corrected chi connectivity index (χ4v) is 4.03. The summed E-state index contributed by atoms with van der Waals surface area (Å²) in [6.07, 6.45) is 2.18. The van der Waals surface area contributed by atoms with Crippen LogP contribution >= 0.6 is 0 Å². The molecule has 0 aliphatic carbocycles. The standard InChI is InChI=1S/C21H31FN4O3/c1-4-20(27)23-17-6-5-9-25(13-17)21(28)24-16-7-8-19(18(22)10-16)26-11-14(2)29-15(3)12-26/h7-8,10,14-15,17H,4-6,9,11-13H2,1-3H3,(H,23,27)(H,24,28). The summed E-state index contributed by atoms with van der Waals surface area (Å²) in [7, 11) is 0. The summed E-state index contributed by atoms with van der Waals surface area (Å²) >= 11 is 0. The van der Waals surface area contributed by atoms with Gasteiger partial charge in [0.1, 0.15) is 5.82 Å². The van der Waals surface area contributed by atoms with E-state index < -0.39 is 0 Å². The first kappa shape index (κ1) is 21.4. The Labute approximate surface area is 171 Å². The van der Waals surface area contributed by atoms with E-state index in [1.165, 1.54) is 6.07 Å². The van der Waals surface area contributed by atoms with E-state index >= 15 is 0 Å². The maximum atomic E-state index is 14.7. The highest BCUT2D eigenvalue weighted by atomic mass is 19.1. The van der Waals surface area contributed by atoms with Crippen molar-refractivity contribution < 1.29 is 18.7 Å². The molecule has 0 aromatic heterocycles. The number of carbonyl (C=O) groups is 2. The third-order valence-electron chi connectivity index (χ3n) is 5.35. The monoisotopic (exact) mass is 406 g/mol. The van der Waals surface area contributed by atoms with E-state index in [-0.39, 0.29) is 36.0 Å². The number of hydrogen-bond acceptors (Lipinski definition) is 4. The van der Waals surface area contributed by atoms with Crippen LogP contribution in [-0.2, 0) is 9.53 Å². The first-order valence-corrected chi connectivity index (χ1v) is 10.4. The second kappa shape index (κ2) is 9.43. The second-order valence-corrected chi connectivity index (χ2v) is 7.96. The highest BCUT2D eigenvalue weighted by Gasteiger charge is 2.26. The Morgan fingerprint density at radius 3 is 2.59 bits per heavy atom. The summed E-state index contributed by atoms with van der Waals surface area (Å²) in [5, 5.41) is 5.72. The lowest BCUT2D eigenvalue weighted by atomic mass is 10.1. The van der Waals surface area contributed by atoms with Crippen LogP contribution in [-0.4, -0.2) is 61.3 Å². The highest BCUT2D eigenvalue weighted by molar-refractivity contribution is 5.89. The lowest BCUT2D eigenvalue weighted by Gasteiger charge is -2.37. The van der Waals surface area contributed by atoms with Gasteiger partial charge in [0.25, 0.3) is 0 Å². The number of benzene rings is 1. The lowest BCUT2D eigenvalue weighted by molar-refractivity contribution is -0.121. The Morgan fingerprint density at radius 1 is 1.21 bits per heavy atom. The van der Waals surface area contributed by atoms with Crippen molar-refractivity contribution in [3.63, 3.8) is 0 Å². The van der Waals surface area contributed by atoms with Gasteiger partial charge in [0.2, 0.25) is 5.91 Å². The Balaban J connectivity index is 1.60. The van der Waals surface area contributed by atoms with Gasteiger partial charge in [-0.15, -0.1) is 0 Å². The normalized spacial score (nSPS) is 24.9. The molecule has 2 N–H and O–H groups in total. The van der Waals surface area contributed by atoms with Gasteiger partial charge in [-0.1, -0.05) is 6.92 Å². The molecule has 3 unspecified atom stereocenters. The molecule has 2 aliphatic rings. The number of nitrogens with zero attached hydrogens (tertiary/aromatic N) is 2. The number of nitrogens with one attached hydrogen (secondary N) is 2. The smallest absolute Gasteiger partial charge is 0.321 e. The topological polar surface area (TPSA) is 73.9 Å². The van der Waals surface area contributed by atoms with Crippen molar-refractivity contribution in [2.45, 2.75) is 58.3 Å². The molecule has 0 bridgehead atoms. The van der Waals surface area contributed by atoms with Crippen molar-refractivity contribution in [1.82, 2.24) is 10.2 Å².